The average molecular weight is 242 g/mol. The number of rotatable bonds is 6. The van der Waals surface area contributed by atoms with Gasteiger partial charge < -0.3 is 15.0 Å². The van der Waals surface area contributed by atoms with E-state index in [9.17, 15) is 4.79 Å². The van der Waals surface area contributed by atoms with E-state index in [1.165, 1.54) is 20.0 Å². The van der Waals surface area contributed by atoms with E-state index in [4.69, 9.17) is 4.74 Å². The minimum atomic E-state index is -0.103. The lowest BCUT2D eigenvalue weighted by molar-refractivity contribution is -0.145. The maximum atomic E-state index is 11.4. The van der Waals surface area contributed by atoms with Gasteiger partial charge in [-0.3, -0.25) is 4.79 Å². The summed E-state index contributed by atoms with van der Waals surface area (Å²) in [5.74, 6) is 0.650. The molecular weight excluding hydrogens is 216 g/mol. The second-order valence-corrected chi connectivity index (χ2v) is 4.97. The second kappa shape index (κ2) is 7.67. The van der Waals surface area contributed by atoms with Crippen LogP contribution in [0.2, 0.25) is 0 Å². The van der Waals surface area contributed by atoms with Crippen LogP contribution < -0.4 is 5.32 Å². The summed E-state index contributed by atoms with van der Waals surface area (Å²) in [6, 6.07) is 0. The van der Waals surface area contributed by atoms with Crippen molar-refractivity contribution in [3.63, 3.8) is 0 Å². The number of nitrogens with one attached hydrogen (secondary N) is 1. The smallest absolute Gasteiger partial charge is 0.309 e. The van der Waals surface area contributed by atoms with E-state index in [0.29, 0.717) is 0 Å². The van der Waals surface area contributed by atoms with Gasteiger partial charge in [0.05, 0.1) is 13.0 Å². The standard InChI is InChI=1S/C13H26N2O2/c1-4-15(9-11(2)13(16)17-3)10-12-5-7-14-8-6-12/h11-12,14H,4-10H2,1-3H3. The molecule has 0 aromatic carbocycles. The molecule has 1 saturated heterocycles. The van der Waals surface area contributed by atoms with Gasteiger partial charge >= 0.3 is 5.97 Å². The van der Waals surface area contributed by atoms with Crippen molar-refractivity contribution in [2.45, 2.75) is 26.7 Å². The SMILES string of the molecule is CCN(CC1CCNCC1)CC(C)C(=O)OC. The third-order valence-corrected chi connectivity index (χ3v) is 3.56. The highest BCUT2D eigenvalue weighted by Crippen LogP contribution is 2.14. The third kappa shape index (κ3) is 5.04. The number of hydrogen-bond acceptors (Lipinski definition) is 4. The van der Waals surface area contributed by atoms with Crippen LogP contribution in [0.1, 0.15) is 26.7 Å². The number of esters is 1. The van der Waals surface area contributed by atoms with E-state index in [0.717, 1.165) is 38.6 Å². The van der Waals surface area contributed by atoms with E-state index in [1.807, 2.05) is 6.92 Å². The first-order valence-electron chi connectivity index (χ1n) is 6.68. The fraction of sp³-hybridized carbons (Fsp3) is 0.923. The molecule has 1 aliphatic heterocycles. The van der Waals surface area contributed by atoms with Crippen LogP contribution in [0.4, 0.5) is 0 Å². The third-order valence-electron chi connectivity index (χ3n) is 3.56. The molecular formula is C13H26N2O2. The van der Waals surface area contributed by atoms with Gasteiger partial charge in [-0.15, -0.1) is 0 Å². The van der Waals surface area contributed by atoms with Gasteiger partial charge in [-0.2, -0.15) is 0 Å². The van der Waals surface area contributed by atoms with Crippen LogP contribution in [0.5, 0.6) is 0 Å². The van der Waals surface area contributed by atoms with Crippen molar-refractivity contribution in [3.05, 3.63) is 0 Å². The molecule has 100 valence electrons. The molecule has 0 saturated carbocycles. The zero-order valence-electron chi connectivity index (χ0n) is 11.4. The Labute approximate surface area is 105 Å². The molecule has 0 spiro atoms. The first-order chi connectivity index (χ1) is 8.17. The van der Waals surface area contributed by atoms with E-state index < -0.39 is 0 Å². The molecule has 1 aliphatic rings. The minimum absolute atomic E-state index is 0.0262. The van der Waals surface area contributed by atoms with Gasteiger partial charge in [-0.25, -0.2) is 0 Å². The maximum absolute atomic E-state index is 11.4. The predicted molar refractivity (Wildman–Crippen MR) is 68.9 cm³/mol. The second-order valence-electron chi connectivity index (χ2n) is 4.97. The van der Waals surface area contributed by atoms with Crippen LogP contribution in [0.3, 0.4) is 0 Å². The molecule has 0 aliphatic carbocycles. The van der Waals surface area contributed by atoms with Crippen molar-refractivity contribution in [1.29, 1.82) is 0 Å². The summed E-state index contributed by atoms with van der Waals surface area (Å²) in [5.41, 5.74) is 0. The summed E-state index contributed by atoms with van der Waals surface area (Å²) in [6.07, 6.45) is 2.51. The topological polar surface area (TPSA) is 41.6 Å². The normalized spacial score (nSPS) is 19.3. The Balaban J connectivity index is 2.34. The number of nitrogens with zero attached hydrogens (tertiary/aromatic N) is 1. The molecule has 1 atom stereocenters. The molecule has 4 nitrogen and oxygen atoms in total. The van der Waals surface area contributed by atoms with Crippen LogP contribution in [-0.4, -0.2) is 50.7 Å². The quantitative estimate of drug-likeness (QED) is 0.709. The molecule has 0 bridgehead atoms. The predicted octanol–water partition coefficient (Wildman–Crippen LogP) is 1.12. The fourth-order valence-electron chi connectivity index (χ4n) is 2.43. The molecule has 0 aromatic rings. The first kappa shape index (κ1) is 14.5. The highest BCUT2D eigenvalue weighted by molar-refractivity contribution is 5.72. The Bertz CT molecular complexity index is 227. The Kier molecular flexibility index (Phi) is 6.52. The van der Waals surface area contributed by atoms with Crippen molar-refractivity contribution in [2.75, 3.05) is 39.8 Å². The maximum Gasteiger partial charge on any atom is 0.309 e. The van der Waals surface area contributed by atoms with Gasteiger partial charge in [-0.1, -0.05) is 13.8 Å². The summed E-state index contributed by atoms with van der Waals surface area (Å²) < 4.78 is 4.77. The molecule has 1 N–H and O–H groups in total. The van der Waals surface area contributed by atoms with Crippen molar-refractivity contribution in [2.24, 2.45) is 11.8 Å². The number of methoxy groups -OCH3 is 1. The highest BCUT2D eigenvalue weighted by atomic mass is 16.5. The van der Waals surface area contributed by atoms with Crippen LogP contribution >= 0.6 is 0 Å². The molecule has 1 rings (SSSR count). The molecule has 1 unspecified atom stereocenters. The van der Waals surface area contributed by atoms with E-state index >= 15 is 0 Å². The minimum Gasteiger partial charge on any atom is -0.469 e. The lowest BCUT2D eigenvalue weighted by Gasteiger charge is -2.30. The van der Waals surface area contributed by atoms with Crippen molar-refractivity contribution in [1.82, 2.24) is 10.2 Å². The fourth-order valence-corrected chi connectivity index (χ4v) is 2.43. The van der Waals surface area contributed by atoms with Gasteiger partial charge in [-0.05, 0) is 38.4 Å². The lowest BCUT2D eigenvalue weighted by atomic mass is 9.97. The first-order valence-corrected chi connectivity index (χ1v) is 6.68. The van der Waals surface area contributed by atoms with Crippen LogP contribution in [0, 0.1) is 11.8 Å². The molecule has 0 aromatic heterocycles. The Morgan fingerprint density at radius 1 is 1.47 bits per heavy atom. The highest BCUT2D eigenvalue weighted by Gasteiger charge is 2.20. The zero-order valence-corrected chi connectivity index (χ0v) is 11.4. The Hall–Kier alpha value is -0.610. The molecule has 1 heterocycles. The van der Waals surface area contributed by atoms with E-state index in [-0.39, 0.29) is 11.9 Å². The number of carbonyl (C=O) groups is 1. The number of piperidine rings is 1. The summed E-state index contributed by atoms with van der Waals surface area (Å²) >= 11 is 0. The van der Waals surface area contributed by atoms with E-state index in [1.54, 1.807) is 0 Å². The molecule has 4 heteroatoms. The van der Waals surface area contributed by atoms with Crippen LogP contribution in [-0.2, 0) is 9.53 Å². The monoisotopic (exact) mass is 242 g/mol. The molecule has 1 fully saturated rings. The van der Waals surface area contributed by atoms with Gasteiger partial charge in [0.1, 0.15) is 0 Å². The van der Waals surface area contributed by atoms with Crippen LogP contribution in [0.25, 0.3) is 0 Å². The molecule has 17 heavy (non-hydrogen) atoms. The lowest BCUT2D eigenvalue weighted by Crippen LogP contribution is -2.39. The van der Waals surface area contributed by atoms with Gasteiger partial charge in [0.15, 0.2) is 0 Å². The van der Waals surface area contributed by atoms with Gasteiger partial charge in [0, 0.05) is 13.1 Å². The Morgan fingerprint density at radius 2 is 2.12 bits per heavy atom. The summed E-state index contributed by atoms with van der Waals surface area (Å²) in [7, 11) is 1.46. The Morgan fingerprint density at radius 3 is 2.65 bits per heavy atom. The molecule has 0 amide bonds. The number of ether oxygens (including phenoxy) is 1. The summed E-state index contributed by atoms with van der Waals surface area (Å²) in [6.45, 7) is 9.30. The summed E-state index contributed by atoms with van der Waals surface area (Å²) in [5, 5.41) is 3.38. The van der Waals surface area contributed by atoms with Crippen molar-refractivity contribution < 1.29 is 9.53 Å². The van der Waals surface area contributed by atoms with Gasteiger partial charge in [0.2, 0.25) is 0 Å². The van der Waals surface area contributed by atoms with Crippen molar-refractivity contribution >= 4 is 5.97 Å². The molecule has 0 radical (unpaired) electrons. The summed E-state index contributed by atoms with van der Waals surface area (Å²) in [4.78, 5) is 13.8. The van der Waals surface area contributed by atoms with Crippen molar-refractivity contribution in [3.8, 4) is 0 Å². The van der Waals surface area contributed by atoms with Crippen LogP contribution in [0.15, 0.2) is 0 Å². The average Bonchev–Trinajstić information content (AvgIpc) is 2.38. The largest absolute Gasteiger partial charge is 0.469 e. The number of hydrogen-bond donors (Lipinski definition) is 1. The zero-order chi connectivity index (χ0) is 12.7. The number of carbonyl (C=O) groups excluding carboxylic acids is 1. The van der Waals surface area contributed by atoms with E-state index in [2.05, 4.69) is 17.1 Å². The van der Waals surface area contributed by atoms with Gasteiger partial charge in [0.25, 0.3) is 0 Å².